The maximum atomic E-state index is 14.1. The minimum Gasteiger partial charge on any atom is -0.352 e. The third kappa shape index (κ3) is 8.93. The van der Waals surface area contributed by atoms with E-state index in [2.05, 4.69) is 21.2 Å². The van der Waals surface area contributed by atoms with E-state index in [4.69, 9.17) is 0 Å². The SMILES string of the molecule is CC[C@@H](C)NC(=O)[C@H](Cc1ccccc1)N(Cc1cccc(Br)c1)C(=O)CN(c1cccc(C)c1)S(C)(=O)=O. The Labute approximate surface area is 240 Å². The zero-order chi connectivity index (χ0) is 28.6. The van der Waals surface area contributed by atoms with Crippen LogP contribution in [-0.2, 0) is 32.6 Å². The van der Waals surface area contributed by atoms with Crippen molar-refractivity contribution in [3.63, 3.8) is 0 Å². The van der Waals surface area contributed by atoms with Gasteiger partial charge >= 0.3 is 0 Å². The summed E-state index contributed by atoms with van der Waals surface area (Å²) < 4.78 is 27.6. The number of nitrogens with zero attached hydrogens (tertiary/aromatic N) is 2. The summed E-state index contributed by atoms with van der Waals surface area (Å²) in [4.78, 5) is 29.2. The van der Waals surface area contributed by atoms with Crippen LogP contribution in [0, 0.1) is 6.92 Å². The molecule has 3 aromatic rings. The van der Waals surface area contributed by atoms with E-state index in [-0.39, 0.29) is 24.9 Å². The summed E-state index contributed by atoms with van der Waals surface area (Å²) in [6, 6.07) is 23.1. The van der Waals surface area contributed by atoms with Gasteiger partial charge in [0.15, 0.2) is 0 Å². The summed E-state index contributed by atoms with van der Waals surface area (Å²) in [6.45, 7) is 5.46. The van der Waals surface area contributed by atoms with Gasteiger partial charge in [-0.1, -0.05) is 77.5 Å². The van der Waals surface area contributed by atoms with Crippen LogP contribution in [-0.4, -0.2) is 50.0 Å². The van der Waals surface area contributed by atoms with Crippen LogP contribution in [0.5, 0.6) is 0 Å². The Morgan fingerprint density at radius 1 is 0.949 bits per heavy atom. The summed E-state index contributed by atoms with van der Waals surface area (Å²) in [6.07, 6.45) is 2.10. The van der Waals surface area contributed by atoms with Crippen LogP contribution in [0.1, 0.15) is 37.0 Å². The molecule has 208 valence electrons. The van der Waals surface area contributed by atoms with E-state index in [1.807, 2.05) is 81.4 Å². The Bertz CT molecular complexity index is 1380. The van der Waals surface area contributed by atoms with Crippen LogP contribution < -0.4 is 9.62 Å². The van der Waals surface area contributed by atoms with Gasteiger partial charge < -0.3 is 10.2 Å². The number of carbonyl (C=O) groups excluding carboxylic acids is 2. The maximum absolute atomic E-state index is 14.1. The van der Waals surface area contributed by atoms with Gasteiger partial charge in [-0.3, -0.25) is 13.9 Å². The lowest BCUT2D eigenvalue weighted by molar-refractivity contribution is -0.140. The third-order valence-corrected chi connectivity index (χ3v) is 8.12. The van der Waals surface area contributed by atoms with E-state index in [1.165, 1.54) is 4.90 Å². The molecule has 0 radical (unpaired) electrons. The normalized spacial score (nSPS) is 12.8. The second-order valence-electron chi connectivity index (χ2n) is 9.78. The van der Waals surface area contributed by atoms with E-state index < -0.39 is 28.5 Å². The van der Waals surface area contributed by atoms with Crippen LogP contribution >= 0.6 is 15.9 Å². The van der Waals surface area contributed by atoms with Crippen molar-refractivity contribution >= 4 is 43.5 Å². The lowest BCUT2D eigenvalue weighted by Crippen LogP contribution is -2.54. The number of hydrogen-bond donors (Lipinski definition) is 1. The molecule has 3 aromatic carbocycles. The standard InChI is InChI=1S/C30H36BrN3O4S/c1-5-23(3)32-30(36)28(19-24-12-7-6-8-13-24)33(20-25-14-10-15-26(31)18-25)29(35)21-34(39(4,37)38)27-16-9-11-22(2)17-27/h6-18,23,28H,5,19-21H2,1-4H3,(H,32,36)/t23-,28+/m1/s1. The van der Waals surface area contributed by atoms with Crippen molar-refractivity contribution in [1.29, 1.82) is 0 Å². The first kappa shape index (κ1) is 30.4. The fourth-order valence-electron chi connectivity index (χ4n) is 4.22. The zero-order valence-electron chi connectivity index (χ0n) is 22.8. The molecule has 0 saturated carbocycles. The molecule has 2 atom stereocenters. The molecule has 0 unspecified atom stereocenters. The van der Waals surface area contributed by atoms with Crippen molar-refractivity contribution in [3.8, 4) is 0 Å². The number of nitrogens with one attached hydrogen (secondary N) is 1. The maximum Gasteiger partial charge on any atom is 0.244 e. The molecule has 0 aromatic heterocycles. The predicted octanol–water partition coefficient (Wildman–Crippen LogP) is 5.08. The van der Waals surface area contributed by atoms with Gasteiger partial charge in [0.2, 0.25) is 21.8 Å². The number of aryl methyl sites for hydroxylation is 1. The molecule has 0 aliphatic rings. The van der Waals surface area contributed by atoms with Gasteiger partial charge in [0.25, 0.3) is 0 Å². The van der Waals surface area contributed by atoms with Crippen molar-refractivity contribution in [2.45, 2.75) is 52.2 Å². The van der Waals surface area contributed by atoms with Crippen molar-refractivity contribution in [1.82, 2.24) is 10.2 Å². The zero-order valence-corrected chi connectivity index (χ0v) is 25.2. The first-order valence-electron chi connectivity index (χ1n) is 12.9. The van der Waals surface area contributed by atoms with Gasteiger partial charge in [0.05, 0.1) is 11.9 Å². The third-order valence-electron chi connectivity index (χ3n) is 6.48. The fourth-order valence-corrected chi connectivity index (χ4v) is 5.51. The van der Waals surface area contributed by atoms with E-state index in [9.17, 15) is 18.0 Å². The van der Waals surface area contributed by atoms with Crippen LogP contribution in [0.15, 0.2) is 83.3 Å². The van der Waals surface area contributed by atoms with Crippen LogP contribution in [0.3, 0.4) is 0 Å². The molecule has 3 rings (SSSR count). The average molecular weight is 615 g/mol. The quantitative estimate of drug-likeness (QED) is 0.309. The first-order valence-corrected chi connectivity index (χ1v) is 15.5. The summed E-state index contributed by atoms with van der Waals surface area (Å²) >= 11 is 3.48. The van der Waals surface area contributed by atoms with E-state index in [1.54, 1.807) is 18.2 Å². The lowest BCUT2D eigenvalue weighted by atomic mass is 10.0. The number of anilines is 1. The second-order valence-corrected chi connectivity index (χ2v) is 12.6. The Kier molecular flexibility index (Phi) is 10.7. The van der Waals surface area contributed by atoms with Gasteiger partial charge in [-0.2, -0.15) is 0 Å². The minimum absolute atomic E-state index is 0.0848. The molecule has 2 amide bonds. The van der Waals surface area contributed by atoms with Crippen molar-refractivity contribution in [3.05, 3.63) is 100 Å². The number of benzene rings is 3. The summed E-state index contributed by atoms with van der Waals surface area (Å²) in [5.74, 6) is -0.750. The molecule has 0 saturated heterocycles. The number of rotatable bonds is 12. The summed E-state index contributed by atoms with van der Waals surface area (Å²) in [5, 5.41) is 3.03. The minimum atomic E-state index is -3.79. The van der Waals surface area contributed by atoms with Gasteiger partial charge in [-0.05, 0) is 61.2 Å². The first-order chi connectivity index (χ1) is 18.5. The molecular weight excluding hydrogens is 578 g/mol. The van der Waals surface area contributed by atoms with Gasteiger partial charge in [0, 0.05) is 23.5 Å². The highest BCUT2D eigenvalue weighted by Gasteiger charge is 2.33. The van der Waals surface area contributed by atoms with E-state index >= 15 is 0 Å². The molecule has 0 aliphatic heterocycles. The number of amides is 2. The predicted molar refractivity (Wildman–Crippen MR) is 160 cm³/mol. The van der Waals surface area contributed by atoms with Crippen molar-refractivity contribution in [2.75, 3.05) is 17.1 Å². The molecule has 9 heteroatoms. The topological polar surface area (TPSA) is 86.8 Å². The van der Waals surface area contributed by atoms with Crippen molar-refractivity contribution < 1.29 is 18.0 Å². The molecular formula is C30H36BrN3O4S. The van der Waals surface area contributed by atoms with E-state index in [0.29, 0.717) is 5.69 Å². The monoisotopic (exact) mass is 613 g/mol. The lowest BCUT2D eigenvalue weighted by Gasteiger charge is -2.34. The highest BCUT2D eigenvalue weighted by Crippen LogP contribution is 2.22. The van der Waals surface area contributed by atoms with Crippen molar-refractivity contribution in [2.24, 2.45) is 0 Å². The number of hydrogen-bond acceptors (Lipinski definition) is 4. The Hall–Kier alpha value is -3.17. The Morgan fingerprint density at radius 3 is 2.23 bits per heavy atom. The molecule has 0 bridgehead atoms. The highest BCUT2D eigenvalue weighted by atomic mass is 79.9. The molecule has 1 N–H and O–H groups in total. The van der Waals surface area contributed by atoms with Gasteiger partial charge in [-0.25, -0.2) is 8.42 Å². The number of carbonyl (C=O) groups is 2. The molecule has 0 spiro atoms. The molecule has 7 nitrogen and oxygen atoms in total. The van der Waals surface area contributed by atoms with Crippen LogP contribution in [0.4, 0.5) is 5.69 Å². The summed E-state index contributed by atoms with van der Waals surface area (Å²) in [5.41, 5.74) is 2.98. The second kappa shape index (κ2) is 13.8. The molecule has 0 fully saturated rings. The van der Waals surface area contributed by atoms with Crippen LogP contribution in [0.25, 0.3) is 0 Å². The molecule has 0 heterocycles. The number of halogens is 1. The number of sulfonamides is 1. The van der Waals surface area contributed by atoms with E-state index in [0.717, 1.165) is 38.1 Å². The fraction of sp³-hybridized carbons (Fsp3) is 0.333. The van der Waals surface area contributed by atoms with Gasteiger partial charge in [0.1, 0.15) is 12.6 Å². The average Bonchev–Trinajstić information content (AvgIpc) is 2.89. The molecule has 39 heavy (non-hydrogen) atoms. The smallest absolute Gasteiger partial charge is 0.244 e. The Morgan fingerprint density at radius 2 is 1.62 bits per heavy atom. The van der Waals surface area contributed by atoms with Gasteiger partial charge in [-0.15, -0.1) is 0 Å². The highest BCUT2D eigenvalue weighted by molar-refractivity contribution is 9.10. The Balaban J connectivity index is 2.06. The summed E-state index contributed by atoms with van der Waals surface area (Å²) in [7, 11) is -3.79. The molecule has 0 aliphatic carbocycles. The largest absolute Gasteiger partial charge is 0.352 e. The van der Waals surface area contributed by atoms with Crippen LogP contribution in [0.2, 0.25) is 0 Å².